The van der Waals surface area contributed by atoms with Crippen molar-refractivity contribution < 1.29 is 4.79 Å². The zero-order valence-electron chi connectivity index (χ0n) is 11.9. The minimum atomic E-state index is -0.211. The molecule has 0 aromatic heterocycles. The van der Waals surface area contributed by atoms with Crippen LogP contribution in [0.25, 0.3) is 0 Å². The van der Waals surface area contributed by atoms with E-state index in [1.807, 2.05) is 24.3 Å². The van der Waals surface area contributed by atoms with E-state index in [2.05, 4.69) is 42.0 Å². The first-order valence-corrected chi connectivity index (χ1v) is 6.86. The average molecular weight is 276 g/mol. The topological polar surface area (TPSA) is 41.5 Å². The number of carbonyl (C=O) groups excluding carboxylic acids is 1. The van der Waals surface area contributed by atoms with Crippen molar-refractivity contribution in [3.8, 4) is 0 Å². The predicted molar refractivity (Wildman–Crippen MR) is 85.8 cm³/mol. The Morgan fingerprint density at radius 1 is 1.29 bits per heavy atom. The number of fused-ring (bicyclic) bond motifs is 1. The van der Waals surface area contributed by atoms with Gasteiger partial charge in [-0.3, -0.25) is 9.79 Å². The fourth-order valence-electron chi connectivity index (χ4n) is 2.56. The van der Waals surface area contributed by atoms with Gasteiger partial charge in [0.1, 0.15) is 0 Å². The summed E-state index contributed by atoms with van der Waals surface area (Å²) >= 11 is 0. The molecule has 3 nitrogen and oxygen atoms in total. The third-order valence-corrected chi connectivity index (χ3v) is 3.65. The molecule has 0 spiro atoms. The normalized spacial score (nSPS) is 12.5. The largest absolute Gasteiger partial charge is 0.323 e. The van der Waals surface area contributed by atoms with Gasteiger partial charge in [-0.2, -0.15) is 0 Å². The van der Waals surface area contributed by atoms with Crippen LogP contribution >= 0.6 is 0 Å². The van der Waals surface area contributed by atoms with Gasteiger partial charge >= 0.3 is 0 Å². The van der Waals surface area contributed by atoms with E-state index in [0.29, 0.717) is 0 Å². The maximum Gasteiger partial charge on any atom is 0.247 e. The first-order valence-electron chi connectivity index (χ1n) is 6.86. The Balaban J connectivity index is 1.97. The van der Waals surface area contributed by atoms with Crippen molar-refractivity contribution in [3.63, 3.8) is 0 Å². The van der Waals surface area contributed by atoms with E-state index in [1.165, 1.54) is 22.8 Å². The van der Waals surface area contributed by atoms with E-state index in [0.717, 1.165) is 23.5 Å². The van der Waals surface area contributed by atoms with E-state index >= 15 is 0 Å². The number of hydrogen-bond acceptors (Lipinski definition) is 2. The highest BCUT2D eigenvalue weighted by Crippen LogP contribution is 2.26. The lowest BCUT2D eigenvalue weighted by Crippen LogP contribution is -2.08. The molecule has 104 valence electrons. The number of carbonyl (C=O) groups is 1. The number of hydrogen-bond donors (Lipinski definition) is 1. The van der Waals surface area contributed by atoms with E-state index in [4.69, 9.17) is 0 Å². The second kappa shape index (κ2) is 5.37. The first-order chi connectivity index (χ1) is 10.2. The Morgan fingerprint density at radius 2 is 2.10 bits per heavy atom. The highest BCUT2D eigenvalue weighted by molar-refractivity contribution is 6.16. The molecule has 3 heteroatoms. The minimum Gasteiger partial charge on any atom is -0.323 e. The molecule has 0 radical (unpaired) electrons. The second-order valence-electron chi connectivity index (χ2n) is 5.04. The number of rotatable bonds is 3. The fourth-order valence-corrected chi connectivity index (χ4v) is 2.56. The molecule has 1 aliphatic rings. The lowest BCUT2D eigenvalue weighted by Gasteiger charge is -2.08. The molecule has 0 saturated carbocycles. The van der Waals surface area contributed by atoms with Crippen molar-refractivity contribution in [2.24, 2.45) is 4.99 Å². The van der Waals surface area contributed by atoms with Crippen molar-refractivity contribution in [2.75, 3.05) is 5.32 Å². The lowest BCUT2D eigenvalue weighted by atomic mass is 9.97. The van der Waals surface area contributed by atoms with Gasteiger partial charge in [0.05, 0.1) is 12.3 Å². The highest BCUT2D eigenvalue weighted by Gasteiger charge is 2.18. The Kier molecular flexibility index (Phi) is 3.40. The summed E-state index contributed by atoms with van der Waals surface area (Å²) < 4.78 is 0. The van der Waals surface area contributed by atoms with Crippen LogP contribution in [0.1, 0.15) is 22.3 Å². The molecule has 2 aromatic rings. The van der Waals surface area contributed by atoms with Gasteiger partial charge < -0.3 is 5.32 Å². The number of nitrogens with zero attached hydrogens (tertiary/aromatic N) is 1. The maximum absolute atomic E-state index is 11.4. The fraction of sp³-hybridized carbons (Fsp3) is 0.111. The van der Waals surface area contributed by atoms with Gasteiger partial charge in [-0.15, -0.1) is 0 Å². The van der Waals surface area contributed by atoms with Crippen LogP contribution in [-0.4, -0.2) is 11.6 Å². The molecule has 2 aromatic carbocycles. The first kappa shape index (κ1) is 13.3. The van der Waals surface area contributed by atoms with Crippen molar-refractivity contribution >= 4 is 17.3 Å². The van der Waals surface area contributed by atoms with Gasteiger partial charge in [0, 0.05) is 16.8 Å². The predicted octanol–water partition coefficient (Wildman–Crippen LogP) is 3.47. The molecule has 1 heterocycles. The summed E-state index contributed by atoms with van der Waals surface area (Å²) in [5, 5.41) is 2.78. The number of aryl methyl sites for hydroxylation is 1. The van der Waals surface area contributed by atoms with Crippen LogP contribution in [0.5, 0.6) is 0 Å². The van der Waals surface area contributed by atoms with Crippen LogP contribution in [0.2, 0.25) is 0 Å². The van der Waals surface area contributed by atoms with Gasteiger partial charge in [-0.1, -0.05) is 36.9 Å². The van der Waals surface area contributed by atoms with Crippen molar-refractivity contribution in [1.29, 1.82) is 0 Å². The van der Waals surface area contributed by atoms with Crippen molar-refractivity contribution in [3.05, 3.63) is 77.4 Å². The number of nitrogens with one attached hydrogen (secondary N) is 1. The molecule has 1 N–H and O–H groups in total. The lowest BCUT2D eigenvalue weighted by molar-refractivity contribution is -0.111. The molecule has 0 saturated heterocycles. The van der Waals surface area contributed by atoms with Gasteiger partial charge in [-0.05, 0) is 36.3 Å². The van der Waals surface area contributed by atoms with E-state index in [9.17, 15) is 4.79 Å². The van der Waals surface area contributed by atoms with Crippen LogP contribution in [0.15, 0.2) is 60.1 Å². The summed E-state index contributed by atoms with van der Waals surface area (Å²) in [6.07, 6.45) is 1.26. The molecule has 1 amide bonds. The standard InChI is InChI=1S/C18H16N2O/c1-3-17(21)20-14-8-5-7-13(10-14)18-15-9-4-6-12(2)16(15)11-19-18/h3-10H,1,11H2,2H3,(H,20,21). The Labute approximate surface area is 124 Å². The van der Waals surface area contributed by atoms with Crippen LogP contribution in [0.4, 0.5) is 5.69 Å². The maximum atomic E-state index is 11.4. The van der Waals surface area contributed by atoms with Gasteiger partial charge in [-0.25, -0.2) is 0 Å². The number of benzene rings is 2. The summed E-state index contributed by atoms with van der Waals surface area (Å²) in [5.74, 6) is -0.211. The highest BCUT2D eigenvalue weighted by atomic mass is 16.1. The molecule has 3 rings (SSSR count). The monoisotopic (exact) mass is 276 g/mol. The molecule has 0 fully saturated rings. The average Bonchev–Trinajstić information content (AvgIpc) is 2.93. The molecule has 0 bridgehead atoms. The Bertz CT molecular complexity index is 760. The molecular formula is C18H16N2O. The minimum absolute atomic E-state index is 0.211. The van der Waals surface area contributed by atoms with E-state index in [1.54, 1.807) is 0 Å². The number of aliphatic imine (C=N–C) groups is 1. The molecule has 0 unspecified atom stereocenters. The van der Waals surface area contributed by atoms with E-state index in [-0.39, 0.29) is 5.91 Å². The zero-order chi connectivity index (χ0) is 14.8. The van der Waals surface area contributed by atoms with Gasteiger partial charge in [0.25, 0.3) is 0 Å². The van der Waals surface area contributed by atoms with Crippen LogP contribution in [-0.2, 0) is 11.3 Å². The third-order valence-electron chi connectivity index (χ3n) is 3.65. The molecule has 1 aliphatic heterocycles. The summed E-state index contributed by atoms with van der Waals surface area (Å²) in [7, 11) is 0. The summed E-state index contributed by atoms with van der Waals surface area (Å²) in [4.78, 5) is 16.1. The second-order valence-corrected chi connectivity index (χ2v) is 5.04. The van der Waals surface area contributed by atoms with Crippen LogP contribution < -0.4 is 5.32 Å². The quantitative estimate of drug-likeness (QED) is 0.857. The Morgan fingerprint density at radius 3 is 2.90 bits per heavy atom. The molecular weight excluding hydrogens is 260 g/mol. The van der Waals surface area contributed by atoms with Crippen LogP contribution in [0.3, 0.4) is 0 Å². The van der Waals surface area contributed by atoms with Crippen molar-refractivity contribution in [1.82, 2.24) is 0 Å². The summed E-state index contributed by atoms with van der Waals surface area (Å²) in [6.45, 7) is 6.29. The summed E-state index contributed by atoms with van der Waals surface area (Å²) in [5.41, 5.74) is 6.49. The van der Waals surface area contributed by atoms with Crippen molar-refractivity contribution in [2.45, 2.75) is 13.5 Å². The SMILES string of the molecule is C=CC(=O)Nc1cccc(C2=NCc3c(C)cccc32)c1. The Hall–Kier alpha value is -2.68. The molecule has 21 heavy (non-hydrogen) atoms. The van der Waals surface area contributed by atoms with E-state index < -0.39 is 0 Å². The number of amides is 1. The third kappa shape index (κ3) is 2.50. The molecule has 0 aliphatic carbocycles. The number of anilines is 1. The zero-order valence-corrected chi connectivity index (χ0v) is 11.9. The van der Waals surface area contributed by atoms with Crippen LogP contribution in [0, 0.1) is 6.92 Å². The van der Waals surface area contributed by atoms with Gasteiger partial charge in [0.15, 0.2) is 0 Å². The smallest absolute Gasteiger partial charge is 0.247 e. The van der Waals surface area contributed by atoms with Gasteiger partial charge in [0.2, 0.25) is 5.91 Å². The molecule has 0 atom stereocenters. The summed E-state index contributed by atoms with van der Waals surface area (Å²) in [6, 6.07) is 14.0.